The Morgan fingerprint density at radius 2 is 2.12 bits per heavy atom. The van der Waals surface area contributed by atoms with Crippen molar-refractivity contribution in [3.8, 4) is 0 Å². The zero-order valence-corrected chi connectivity index (χ0v) is 17.6. The quantitative estimate of drug-likeness (QED) is 0.323. The lowest BCUT2D eigenvalue weighted by Gasteiger charge is -2.20. The van der Waals surface area contributed by atoms with Gasteiger partial charge in [-0.25, -0.2) is 0 Å². The van der Waals surface area contributed by atoms with Gasteiger partial charge in [-0.1, -0.05) is 15.9 Å². The number of aliphatic imine (C=N–C) groups is 1. The molecule has 0 unspecified atom stereocenters. The van der Waals surface area contributed by atoms with E-state index in [0.717, 1.165) is 35.6 Å². The predicted octanol–water partition coefficient (Wildman–Crippen LogP) is 2.43. The van der Waals surface area contributed by atoms with Gasteiger partial charge in [0.25, 0.3) is 0 Å². The minimum absolute atomic E-state index is 0. The molecule has 134 valence electrons. The van der Waals surface area contributed by atoms with E-state index in [1.165, 1.54) is 0 Å². The Bertz CT molecular complexity index is 554. The Balaban J connectivity index is 0.00000288. The minimum Gasteiger partial charge on any atom is -0.391 e. The largest absolute Gasteiger partial charge is 0.391 e. The summed E-state index contributed by atoms with van der Waals surface area (Å²) in [6, 6.07) is 7.47. The number of amides is 1. The van der Waals surface area contributed by atoms with E-state index in [-0.39, 0.29) is 36.0 Å². The number of nitrogens with one attached hydrogen (secondary N) is 2. The highest BCUT2D eigenvalue weighted by Crippen LogP contribution is 2.14. The second kappa shape index (κ2) is 10.9. The van der Waals surface area contributed by atoms with Gasteiger partial charge in [0.15, 0.2) is 5.96 Å². The van der Waals surface area contributed by atoms with Crippen LogP contribution in [0.25, 0.3) is 0 Å². The zero-order chi connectivity index (χ0) is 16.7. The molecular weight excluding hydrogens is 487 g/mol. The van der Waals surface area contributed by atoms with Crippen LogP contribution in [-0.2, 0) is 4.79 Å². The summed E-state index contributed by atoms with van der Waals surface area (Å²) in [5.41, 5.74) is 0.775. The molecule has 1 aromatic rings. The van der Waals surface area contributed by atoms with Gasteiger partial charge >= 0.3 is 0 Å². The van der Waals surface area contributed by atoms with E-state index in [4.69, 9.17) is 0 Å². The first-order valence-electron chi connectivity index (χ1n) is 7.85. The minimum atomic E-state index is -0.292. The number of carbonyl (C=O) groups excluding carboxylic acids is 1. The number of aliphatic hydroxyl groups is 1. The first kappa shape index (κ1) is 21.2. The van der Waals surface area contributed by atoms with Crippen LogP contribution in [0.3, 0.4) is 0 Å². The fraction of sp³-hybridized carbons (Fsp3) is 0.500. The van der Waals surface area contributed by atoms with Crippen molar-refractivity contribution in [2.75, 3.05) is 31.5 Å². The summed E-state index contributed by atoms with van der Waals surface area (Å²) in [5, 5.41) is 15.7. The highest BCUT2D eigenvalue weighted by Gasteiger charge is 2.22. The number of anilines is 1. The van der Waals surface area contributed by atoms with Gasteiger partial charge in [-0.15, -0.1) is 24.0 Å². The molecule has 2 rings (SSSR count). The maximum Gasteiger partial charge on any atom is 0.226 e. The molecule has 0 spiro atoms. The molecule has 1 heterocycles. The van der Waals surface area contributed by atoms with Crippen molar-refractivity contribution in [2.45, 2.75) is 25.9 Å². The smallest absolute Gasteiger partial charge is 0.226 e. The standard InChI is InChI=1S/C16H23BrN4O2.HI/c1-2-18-16(21-10-8-14(22)11-21)19-9-7-15(23)20-13-5-3-12(17)4-6-13;/h3-6,14,22H,2,7-11H2,1H3,(H,18,19)(H,20,23);1H/t14-;/m1./s1. The molecule has 1 aliphatic heterocycles. The van der Waals surface area contributed by atoms with Crippen molar-refractivity contribution in [1.82, 2.24) is 10.2 Å². The van der Waals surface area contributed by atoms with Gasteiger partial charge in [-0.05, 0) is 37.6 Å². The lowest BCUT2D eigenvalue weighted by atomic mass is 10.3. The summed E-state index contributed by atoms with van der Waals surface area (Å²) in [4.78, 5) is 18.5. The molecule has 1 amide bonds. The summed E-state index contributed by atoms with van der Waals surface area (Å²) >= 11 is 3.36. The number of β-amino-alcohol motifs (C(OH)–C–C–N with tert-alkyl or cyclic N) is 1. The molecule has 1 aromatic carbocycles. The van der Waals surface area contributed by atoms with Crippen LogP contribution in [0.5, 0.6) is 0 Å². The van der Waals surface area contributed by atoms with E-state index in [1.54, 1.807) is 0 Å². The van der Waals surface area contributed by atoms with Crippen molar-refractivity contribution in [2.24, 2.45) is 4.99 Å². The van der Waals surface area contributed by atoms with Gasteiger partial charge in [0, 0.05) is 36.2 Å². The second-order valence-corrected chi connectivity index (χ2v) is 6.34. The van der Waals surface area contributed by atoms with Crippen LogP contribution in [0.2, 0.25) is 0 Å². The maximum atomic E-state index is 11.9. The summed E-state index contributed by atoms with van der Waals surface area (Å²) in [5.74, 6) is 0.703. The van der Waals surface area contributed by atoms with Crippen LogP contribution < -0.4 is 10.6 Å². The molecule has 6 nitrogen and oxygen atoms in total. The third-order valence-corrected chi connectivity index (χ3v) is 4.05. The predicted molar refractivity (Wildman–Crippen MR) is 111 cm³/mol. The van der Waals surface area contributed by atoms with Crippen molar-refractivity contribution < 1.29 is 9.90 Å². The SMILES string of the molecule is CCNC(=NCCC(=O)Nc1ccc(Br)cc1)N1CC[C@@H](O)C1.I. The second-order valence-electron chi connectivity index (χ2n) is 5.43. The van der Waals surface area contributed by atoms with E-state index in [0.29, 0.717) is 19.5 Å². The van der Waals surface area contributed by atoms with Crippen LogP contribution in [-0.4, -0.2) is 54.2 Å². The normalized spacial score (nSPS) is 17.4. The summed E-state index contributed by atoms with van der Waals surface area (Å²) in [6.45, 7) is 4.56. The molecule has 1 aliphatic rings. The Morgan fingerprint density at radius 1 is 1.42 bits per heavy atom. The van der Waals surface area contributed by atoms with E-state index in [1.807, 2.05) is 36.1 Å². The maximum absolute atomic E-state index is 11.9. The molecule has 0 aromatic heterocycles. The zero-order valence-electron chi connectivity index (χ0n) is 13.7. The fourth-order valence-electron chi connectivity index (χ4n) is 2.38. The van der Waals surface area contributed by atoms with Crippen LogP contribution in [0.15, 0.2) is 33.7 Å². The number of guanidine groups is 1. The van der Waals surface area contributed by atoms with Crippen LogP contribution in [0, 0.1) is 0 Å². The number of benzene rings is 1. The first-order valence-corrected chi connectivity index (χ1v) is 8.64. The van der Waals surface area contributed by atoms with Gasteiger partial charge < -0.3 is 20.6 Å². The molecule has 1 saturated heterocycles. The number of likely N-dealkylation sites (tertiary alicyclic amines) is 1. The van der Waals surface area contributed by atoms with Crippen molar-refractivity contribution >= 4 is 57.5 Å². The topological polar surface area (TPSA) is 77.0 Å². The summed E-state index contributed by atoms with van der Waals surface area (Å²) < 4.78 is 0.975. The van der Waals surface area contributed by atoms with E-state index in [2.05, 4.69) is 31.6 Å². The highest BCUT2D eigenvalue weighted by molar-refractivity contribution is 14.0. The molecule has 0 bridgehead atoms. The average Bonchev–Trinajstić information content (AvgIpc) is 2.95. The van der Waals surface area contributed by atoms with Crippen molar-refractivity contribution in [1.29, 1.82) is 0 Å². The monoisotopic (exact) mass is 510 g/mol. The number of hydrogen-bond donors (Lipinski definition) is 3. The molecule has 24 heavy (non-hydrogen) atoms. The van der Waals surface area contributed by atoms with Gasteiger partial charge in [0.2, 0.25) is 5.91 Å². The van der Waals surface area contributed by atoms with Crippen LogP contribution in [0.1, 0.15) is 19.8 Å². The number of hydrogen-bond acceptors (Lipinski definition) is 3. The third kappa shape index (κ3) is 6.94. The lowest BCUT2D eigenvalue weighted by Crippen LogP contribution is -2.40. The van der Waals surface area contributed by atoms with Crippen LogP contribution in [0.4, 0.5) is 5.69 Å². The summed E-state index contributed by atoms with van der Waals surface area (Å²) in [6.07, 6.45) is 0.787. The molecule has 0 saturated carbocycles. The molecule has 0 aliphatic carbocycles. The third-order valence-electron chi connectivity index (χ3n) is 3.53. The molecule has 1 atom stereocenters. The fourth-order valence-corrected chi connectivity index (χ4v) is 2.64. The van der Waals surface area contributed by atoms with Gasteiger partial charge in [0.05, 0.1) is 12.6 Å². The molecule has 8 heteroatoms. The highest BCUT2D eigenvalue weighted by atomic mass is 127. The van der Waals surface area contributed by atoms with E-state index >= 15 is 0 Å². The van der Waals surface area contributed by atoms with Crippen molar-refractivity contribution in [3.63, 3.8) is 0 Å². The van der Waals surface area contributed by atoms with E-state index in [9.17, 15) is 9.90 Å². The molecule has 1 fully saturated rings. The number of rotatable bonds is 5. The van der Waals surface area contributed by atoms with Crippen LogP contribution >= 0.6 is 39.9 Å². The average molecular weight is 511 g/mol. The number of carbonyl (C=O) groups is 1. The molecule has 3 N–H and O–H groups in total. The van der Waals surface area contributed by atoms with Gasteiger partial charge in [-0.3, -0.25) is 9.79 Å². The Morgan fingerprint density at radius 3 is 2.71 bits per heavy atom. The summed E-state index contributed by atoms with van der Waals surface area (Å²) in [7, 11) is 0. The molecular formula is C16H24BrIN4O2. The Hall–Kier alpha value is -0.870. The van der Waals surface area contributed by atoms with Gasteiger partial charge in [-0.2, -0.15) is 0 Å². The number of halogens is 2. The number of nitrogens with zero attached hydrogens (tertiary/aromatic N) is 2. The lowest BCUT2D eigenvalue weighted by molar-refractivity contribution is -0.116. The Kier molecular flexibility index (Phi) is 9.60. The van der Waals surface area contributed by atoms with Crippen molar-refractivity contribution in [3.05, 3.63) is 28.7 Å². The number of aliphatic hydroxyl groups excluding tert-OH is 1. The molecule has 0 radical (unpaired) electrons. The Labute approximate surface area is 168 Å². The van der Waals surface area contributed by atoms with Gasteiger partial charge in [0.1, 0.15) is 0 Å². The van der Waals surface area contributed by atoms with E-state index < -0.39 is 0 Å². The first-order chi connectivity index (χ1) is 11.1.